The number of amides is 1. The fourth-order valence-electron chi connectivity index (χ4n) is 2.90. The number of carbonyl (C=O) groups excluding carboxylic acids is 2. The Morgan fingerprint density at radius 2 is 1.58 bits per heavy atom. The van der Waals surface area contributed by atoms with E-state index >= 15 is 0 Å². The van der Waals surface area contributed by atoms with Crippen LogP contribution in [-0.2, 0) is 16.6 Å². The number of allylic oxidation sites excluding steroid dienone is 4. The zero-order chi connectivity index (χ0) is 28.5. The lowest BCUT2D eigenvalue weighted by molar-refractivity contribution is -0.119. The van der Waals surface area contributed by atoms with Crippen molar-refractivity contribution in [2.75, 3.05) is 0 Å². The average Bonchev–Trinajstić information content (AvgIpc) is 3.46. The Hall–Kier alpha value is -4.14. The minimum atomic E-state index is -0.00694. The zero-order valence-corrected chi connectivity index (χ0v) is 23.5. The maximum absolute atomic E-state index is 10.6. The van der Waals surface area contributed by atoms with Crippen LogP contribution in [0.4, 0.5) is 0 Å². The van der Waals surface area contributed by atoms with Gasteiger partial charge >= 0.3 is 0 Å². The van der Waals surface area contributed by atoms with Crippen LogP contribution in [0.1, 0.15) is 55.8 Å². The predicted octanol–water partition coefficient (Wildman–Crippen LogP) is 4.25. The summed E-state index contributed by atoms with van der Waals surface area (Å²) in [5, 5.41) is 2.78. The Morgan fingerprint density at radius 1 is 0.921 bits per heavy atom. The molecule has 0 radical (unpaired) electrons. The molecule has 1 atom stereocenters. The van der Waals surface area contributed by atoms with Crippen molar-refractivity contribution in [1.29, 1.82) is 0 Å². The van der Waals surface area contributed by atoms with E-state index in [2.05, 4.69) is 25.3 Å². The number of H-pyrrole nitrogens is 1. The molecule has 5 rings (SSSR count). The topological polar surface area (TPSA) is 123 Å². The minimum Gasteiger partial charge on any atom is -0.354 e. The van der Waals surface area contributed by atoms with Crippen molar-refractivity contribution in [3.8, 4) is 0 Å². The van der Waals surface area contributed by atoms with Gasteiger partial charge in [-0.1, -0.05) is 23.8 Å². The van der Waals surface area contributed by atoms with Crippen LogP contribution in [0.5, 0.6) is 0 Å². The molecule has 2 aliphatic rings. The number of rotatable bonds is 0. The summed E-state index contributed by atoms with van der Waals surface area (Å²) < 4.78 is 1.93. The van der Waals surface area contributed by atoms with Gasteiger partial charge in [-0.05, 0) is 60.1 Å². The van der Waals surface area contributed by atoms with E-state index in [1.807, 2.05) is 64.6 Å². The molecule has 1 amide bonds. The number of carbonyl (C=O) groups is 2. The predicted molar refractivity (Wildman–Crippen MR) is 151 cm³/mol. The number of aromatic nitrogens is 5. The number of nitrogens with one attached hydrogen (secondary N) is 2. The van der Waals surface area contributed by atoms with Crippen molar-refractivity contribution >= 4 is 11.7 Å². The summed E-state index contributed by atoms with van der Waals surface area (Å²) in [5.74, 6) is 0.406. The molecular formula is C29H40N6O3. The number of imidazole rings is 1. The van der Waals surface area contributed by atoms with Crippen molar-refractivity contribution in [3.05, 3.63) is 100 Å². The second kappa shape index (κ2) is 17.3. The van der Waals surface area contributed by atoms with Crippen LogP contribution in [-0.4, -0.2) is 42.2 Å². The maximum Gasteiger partial charge on any atom is 0.250 e. The third-order valence-electron chi connectivity index (χ3n) is 5.13. The molecule has 0 bridgehead atoms. The number of hydrogen-bond donors (Lipinski definition) is 2. The molecule has 0 saturated carbocycles. The molecule has 1 saturated heterocycles. The average molecular weight is 521 g/mol. The monoisotopic (exact) mass is 520 g/mol. The van der Waals surface area contributed by atoms with E-state index in [4.69, 9.17) is 0 Å². The lowest BCUT2D eigenvalue weighted by Gasteiger charge is -1.96. The first-order valence-electron chi connectivity index (χ1n) is 12.5. The van der Waals surface area contributed by atoms with Gasteiger partial charge in [-0.3, -0.25) is 24.4 Å². The number of ketones is 1. The third-order valence-corrected chi connectivity index (χ3v) is 5.13. The van der Waals surface area contributed by atoms with Gasteiger partial charge < -0.3 is 14.9 Å². The van der Waals surface area contributed by atoms with Gasteiger partial charge in [-0.25, -0.2) is 4.98 Å². The third kappa shape index (κ3) is 15.1. The Morgan fingerprint density at radius 3 is 1.84 bits per heavy atom. The highest BCUT2D eigenvalue weighted by atomic mass is 16.2. The fraction of sp³-hybridized carbons (Fsp3) is 0.379. The molecule has 38 heavy (non-hydrogen) atoms. The number of aromatic amines is 1. The van der Waals surface area contributed by atoms with E-state index in [1.54, 1.807) is 50.1 Å². The van der Waals surface area contributed by atoms with E-state index in [-0.39, 0.29) is 17.2 Å². The molecule has 0 aromatic carbocycles. The van der Waals surface area contributed by atoms with E-state index < -0.39 is 0 Å². The van der Waals surface area contributed by atoms with Gasteiger partial charge in [0.25, 0.3) is 5.56 Å². The molecule has 1 aliphatic carbocycles. The van der Waals surface area contributed by atoms with E-state index in [0.717, 1.165) is 35.5 Å². The molecule has 2 N–H and O–H groups in total. The SMILES string of the molecule is CC1=CCC(=O)C=C1.CC1CCC(=O)N1.Cc1ccc[nH]c1=O.Cc1cn(C)cn1.Cc1cnc(C)cn1. The summed E-state index contributed by atoms with van der Waals surface area (Å²) in [7, 11) is 1.96. The van der Waals surface area contributed by atoms with Crippen molar-refractivity contribution in [2.45, 2.75) is 66.8 Å². The summed E-state index contributed by atoms with van der Waals surface area (Å²) in [5.41, 5.74) is 4.94. The molecule has 3 aromatic rings. The first kappa shape index (κ1) is 31.9. The van der Waals surface area contributed by atoms with Gasteiger partial charge in [0.1, 0.15) is 0 Å². The van der Waals surface area contributed by atoms with Crippen molar-refractivity contribution in [2.24, 2.45) is 7.05 Å². The Balaban J connectivity index is 0.000000238. The summed E-state index contributed by atoms with van der Waals surface area (Å²) >= 11 is 0. The van der Waals surface area contributed by atoms with Crippen LogP contribution < -0.4 is 10.9 Å². The second-order valence-corrected chi connectivity index (χ2v) is 9.12. The lowest BCUT2D eigenvalue weighted by Crippen LogP contribution is -2.21. The maximum atomic E-state index is 10.6. The summed E-state index contributed by atoms with van der Waals surface area (Å²) in [6, 6.07) is 4.00. The highest BCUT2D eigenvalue weighted by Crippen LogP contribution is 2.04. The molecule has 1 fully saturated rings. The molecule has 1 unspecified atom stereocenters. The van der Waals surface area contributed by atoms with Crippen LogP contribution in [0.25, 0.3) is 0 Å². The standard InChI is InChI=1S/C7H8O.C6H8N2.C6H7NO.C5H8N2.C5H9NO/c1-6-2-4-7(8)5-3-6;1-5-3-8-6(2)4-7-5;1-5-3-2-4-7-6(5)8;1-5-3-7(2)4-6-5;1-4-2-3-5(7)6-4/h2-4H,5H2,1H3;3-4H,1-2H3;2-4H,1H3,(H,7,8);3-4H,1-2H3;4H,2-3H2,1H3,(H,6,7). The quantitative estimate of drug-likeness (QED) is 0.457. The smallest absolute Gasteiger partial charge is 0.250 e. The van der Waals surface area contributed by atoms with Gasteiger partial charge in [0, 0.05) is 56.3 Å². The van der Waals surface area contributed by atoms with E-state index in [0.29, 0.717) is 12.5 Å². The van der Waals surface area contributed by atoms with Gasteiger partial charge in [0.2, 0.25) is 5.91 Å². The number of nitrogens with zero attached hydrogens (tertiary/aromatic N) is 4. The summed E-state index contributed by atoms with van der Waals surface area (Å²) in [4.78, 5) is 45.9. The van der Waals surface area contributed by atoms with Crippen LogP contribution in [0.3, 0.4) is 0 Å². The number of aryl methyl sites for hydroxylation is 5. The molecule has 9 heteroatoms. The number of pyridine rings is 1. The van der Waals surface area contributed by atoms with E-state index in [9.17, 15) is 14.4 Å². The molecule has 4 heterocycles. The molecule has 1 aliphatic heterocycles. The summed E-state index contributed by atoms with van der Waals surface area (Å²) in [6.07, 6.45) is 16.6. The highest BCUT2D eigenvalue weighted by molar-refractivity contribution is 5.92. The zero-order valence-electron chi connectivity index (χ0n) is 23.5. The molecule has 0 spiro atoms. The van der Waals surface area contributed by atoms with Gasteiger partial charge in [-0.15, -0.1) is 0 Å². The lowest BCUT2D eigenvalue weighted by atomic mass is 10.1. The van der Waals surface area contributed by atoms with Crippen LogP contribution >= 0.6 is 0 Å². The minimum absolute atomic E-state index is 0.00694. The fourth-order valence-corrected chi connectivity index (χ4v) is 2.90. The van der Waals surface area contributed by atoms with Gasteiger partial charge in [-0.2, -0.15) is 0 Å². The van der Waals surface area contributed by atoms with Crippen LogP contribution in [0, 0.1) is 27.7 Å². The van der Waals surface area contributed by atoms with Crippen molar-refractivity contribution in [3.63, 3.8) is 0 Å². The first-order chi connectivity index (χ1) is 18.0. The number of hydrogen-bond acceptors (Lipinski definition) is 6. The molecule has 204 valence electrons. The van der Waals surface area contributed by atoms with Crippen molar-refractivity contribution in [1.82, 2.24) is 29.8 Å². The normalized spacial score (nSPS) is 15.1. The Bertz CT molecular complexity index is 1220. The largest absolute Gasteiger partial charge is 0.354 e. The van der Waals surface area contributed by atoms with Crippen molar-refractivity contribution < 1.29 is 9.59 Å². The van der Waals surface area contributed by atoms with Gasteiger partial charge in [0.15, 0.2) is 5.78 Å². The summed E-state index contributed by atoms with van der Waals surface area (Å²) in [6.45, 7) is 11.6. The Kier molecular flexibility index (Phi) is 14.6. The Labute approximate surface area is 225 Å². The second-order valence-electron chi connectivity index (χ2n) is 9.12. The van der Waals surface area contributed by atoms with E-state index in [1.165, 1.54) is 5.57 Å². The van der Waals surface area contributed by atoms with Gasteiger partial charge in [0.05, 0.1) is 23.4 Å². The molecular weight excluding hydrogens is 480 g/mol. The highest BCUT2D eigenvalue weighted by Gasteiger charge is 2.14. The van der Waals surface area contributed by atoms with Crippen LogP contribution in [0.2, 0.25) is 0 Å². The molecule has 9 nitrogen and oxygen atoms in total. The van der Waals surface area contributed by atoms with Crippen LogP contribution in [0.15, 0.2) is 71.8 Å². The first-order valence-corrected chi connectivity index (χ1v) is 12.5. The molecule has 3 aromatic heterocycles.